The largest absolute Gasteiger partial charge is 0.497 e. The van der Waals surface area contributed by atoms with E-state index in [2.05, 4.69) is 15.3 Å². The van der Waals surface area contributed by atoms with Crippen molar-refractivity contribution in [1.29, 1.82) is 0 Å². The number of rotatable bonds is 4. The lowest BCUT2D eigenvalue weighted by atomic mass is 10.2. The Balaban J connectivity index is 2.20. The van der Waals surface area contributed by atoms with Crippen LogP contribution in [0.15, 0.2) is 30.6 Å². The molecule has 1 aromatic carbocycles. The number of aromatic nitrogens is 2. The number of hydrogen-bond acceptors (Lipinski definition) is 5. The van der Waals surface area contributed by atoms with Gasteiger partial charge in [0.2, 0.25) is 0 Å². The lowest BCUT2D eigenvalue weighted by molar-refractivity contribution is 0.0935. The van der Waals surface area contributed by atoms with E-state index in [-0.39, 0.29) is 11.4 Å². The zero-order chi connectivity index (χ0) is 14.5. The third-order valence-electron chi connectivity index (χ3n) is 2.54. The second-order valence-electron chi connectivity index (χ2n) is 3.79. The molecule has 20 heavy (non-hydrogen) atoms. The SMILES string of the molecule is COc1cccc(NC(=O)c2[nH]cnc2C(=O)NN)c1. The first kappa shape index (κ1) is 13.6. The van der Waals surface area contributed by atoms with Crippen LogP contribution >= 0.6 is 0 Å². The first-order valence-electron chi connectivity index (χ1n) is 5.65. The van der Waals surface area contributed by atoms with Crippen molar-refractivity contribution in [3.8, 4) is 5.75 Å². The number of nitrogens with one attached hydrogen (secondary N) is 3. The van der Waals surface area contributed by atoms with E-state index in [1.165, 1.54) is 13.4 Å². The lowest BCUT2D eigenvalue weighted by Crippen LogP contribution is -2.32. The second kappa shape index (κ2) is 5.85. The van der Waals surface area contributed by atoms with E-state index < -0.39 is 11.8 Å². The minimum absolute atomic E-state index is 0.0239. The van der Waals surface area contributed by atoms with Crippen LogP contribution in [0, 0.1) is 0 Å². The van der Waals surface area contributed by atoms with Gasteiger partial charge in [-0.15, -0.1) is 0 Å². The molecule has 1 heterocycles. The first-order valence-corrected chi connectivity index (χ1v) is 5.65. The summed E-state index contributed by atoms with van der Waals surface area (Å²) in [7, 11) is 1.53. The highest BCUT2D eigenvalue weighted by molar-refractivity contribution is 6.10. The fourth-order valence-electron chi connectivity index (χ4n) is 1.60. The molecule has 0 radical (unpaired) electrons. The van der Waals surface area contributed by atoms with E-state index in [0.717, 1.165) is 0 Å². The van der Waals surface area contributed by atoms with E-state index in [0.29, 0.717) is 11.4 Å². The molecule has 0 bridgehead atoms. The van der Waals surface area contributed by atoms with Gasteiger partial charge in [-0.3, -0.25) is 15.0 Å². The van der Waals surface area contributed by atoms with Gasteiger partial charge in [-0.25, -0.2) is 10.8 Å². The van der Waals surface area contributed by atoms with E-state index in [9.17, 15) is 9.59 Å². The topological polar surface area (TPSA) is 122 Å². The van der Waals surface area contributed by atoms with Crippen molar-refractivity contribution in [1.82, 2.24) is 15.4 Å². The first-order chi connectivity index (χ1) is 9.65. The Morgan fingerprint density at radius 3 is 2.85 bits per heavy atom. The van der Waals surface area contributed by atoms with E-state index in [1.807, 2.05) is 5.43 Å². The average Bonchev–Trinajstić information content (AvgIpc) is 2.96. The van der Waals surface area contributed by atoms with Gasteiger partial charge in [-0.05, 0) is 12.1 Å². The van der Waals surface area contributed by atoms with Crippen LogP contribution in [-0.4, -0.2) is 28.9 Å². The normalized spacial score (nSPS) is 9.90. The average molecular weight is 275 g/mol. The number of nitrogens with zero attached hydrogens (tertiary/aromatic N) is 1. The molecule has 8 heteroatoms. The Kier molecular flexibility index (Phi) is 3.96. The third kappa shape index (κ3) is 2.75. The summed E-state index contributed by atoms with van der Waals surface area (Å²) in [6.07, 6.45) is 1.24. The van der Waals surface area contributed by atoms with Crippen molar-refractivity contribution in [2.45, 2.75) is 0 Å². The fourth-order valence-corrected chi connectivity index (χ4v) is 1.60. The van der Waals surface area contributed by atoms with Gasteiger partial charge in [0.05, 0.1) is 13.4 Å². The quantitative estimate of drug-likeness (QED) is 0.362. The van der Waals surface area contributed by atoms with Gasteiger partial charge in [0, 0.05) is 11.8 Å². The molecule has 0 saturated carbocycles. The van der Waals surface area contributed by atoms with Crippen molar-refractivity contribution < 1.29 is 14.3 Å². The van der Waals surface area contributed by atoms with Crippen molar-refractivity contribution in [2.24, 2.45) is 5.84 Å². The van der Waals surface area contributed by atoms with Gasteiger partial charge in [0.15, 0.2) is 5.69 Å². The summed E-state index contributed by atoms with van der Waals surface area (Å²) >= 11 is 0. The molecule has 0 aliphatic carbocycles. The summed E-state index contributed by atoms with van der Waals surface area (Å²) < 4.78 is 5.05. The van der Waals surface area contributed by atoms with Crippen LogP contribution in [0.5, 0.6) is 5.75 Å². The maximum absolute atomic E-state index is 12.1. The number of aromatic amines is 1. The summed E-state index contributed by atoms with van der Waals surface area (Å²) in [5.41, 5.74) is 2.40. The fraction of sp³-hybridized carbons (Fsp3) is 0.0833. The van der Waals surface area contributed by atoms with E-state index in [4.69, 9.17) is 10.6 Å². The number of benzene rings is 1. The number of nitrogens with two attached hydrogens (primary N) is 1. The highest BCUT2D eigenvalue weighted by atomic mass is 16.5. The van der Waals surface area contributed by atoms with Gasteiger partial charge in [-0.2, -0.15) is 0 Å². The van der Waals surface area contributed by atoms with Crippen LogP contribution in [0.1, 0.15) is 21.0 Å². The molecule has 0 spiro atoms. The molecule has 1 aromatic heterocycles. The predicted molar refractivity (Wildman–Crippen MR) is 71.2 cm³/mol. The van der Waals surface area contributed by atoms with Gasteiger partial charge < -0.3 is 15.0 Å². The molecular weight excluding hydrogens is 262 g/mol. The summed E-state index contributed by atoms with van der Waals surface area (Å²) in [4.78, 5) is 29.9. The summed E-state index contributed by atoms with van der Waals surface area (Å²) in [6.45, 7) is 0. The number of H-pyrrole nitrogens is 1. The van der Waals surface area contributed by atoms with Crippen LogP contribution in [0.3, 0.4) is 0 Å². The Bertz CT molecular complexity index is 638. The molecular formula is C12H13N5O3. The van der Waals surface area contributed by atoms with Gasteiger partial charge in [0.1, 0.15) is 11.4 Å². The number of methoxy groups -OCH3 is 1. The molecule has 5 N–H and O–H groups in total. The third-order valence-corrected chi connectivity index (χ3v) is 2.54. The van der Waals surface area contributed by atoms with Crippen molar-refractivity contribution in [2.75, 3.05) is 12.4 Å². The highest BCUT2D eigenvalue weighted by Gasteiger charge is 2.19. The molecule has 104 valence electrons. The number of ether oxygens (including phenoxy) is 1. The number of carbonyl (C=O) groups is 2. The number of anilines is 1. The van der Waals surface area contributed by atoms with Crippen LogP contribution in [-0.2, 0) is 0 Å². The number of hydrogen-bond donors (Lipinski definition) is 4. The van der Waals surface area contributed by atoms with Crippen LogP contribution in [0.4, 0.5) is 5.69 Å². The number of carbonyl (C=O) groups excluding carboxylic acids is 2. The molecule has 0 fully saturated rings. The van der Waals surface area contributed by atoms with Crippen molar-refractivity contribution >= 4 is 17.5 Å². The van der Waals surface area contributed by atoms with Crippen LogP contribution in [0.25, 0.3) is 0 Å². The smallest absolute Gasteiger partial charge is 0.286 e. The highest BCUT2D eigenvalue weighted by Crippen LogP contribution is 2.17. The van der Waals surface area contributed by atoms with Gasteiger partial charge in [0.25, 0.3) is 11.8 Å². The Hall–Kier alpha value is -2.87. The van der Waals surface area contributed by atoms with Crippen LogP contribution < -0.4 is 21.3 Å². The Morgan fingerprint density at radius 2 is 2.15 bits per heavy atom. The molecule has 0 unspecified atom stereocenters. The molecule has 0 saturated heterocycles. The van der Waals surface area contributed by atoms with Gasteiger partial charge in [-0.1, -0.05) is 6.07 Å². The zero-order valence-electron chi connectivity index (χ0n) is 10.6. The predicted octanol–water partition coefficient (Wildman–Crippen LogP) is 0.274. The standard InChI is InChI=1S/C12H13N5O3/c1-20-8-4-2-3-7(5-8)16-11(18)9-10(12(19)17-13)15-6-14-9/h2-6H,13H2,1H3,(H,14,15)(H,16,18)(H,17,19). The maximum atomic E-state index is 12.1. The molecule has 0 aliphatic rings. The molecule has 2 rings (SSSR count). The summed E-state index contributed by atoms with van der Waals surface area (Å²) in [6, 6.07) is 6.82. The Labute approximate surface area is 114 Å². The van der Waals surface area contributed by atoms with Gasteiger partial charge >= 0.3 is 0 Å². The number of amides is 2. The number of hydrazine groups is 1. The summed E-state index contributed by atoms with van der Waals surface area (Å²) in [5.74, 6) is 4.47. The number of imidazole rings is 1. The second-order valence-corrected chi connectivity index (χ2v) is 3.79. The molecule has 2 aromatic rings. The minimum atomic E-state index is -0.651. The number of nitrogen functional groups attached to an aromatic ring is 1. The van der Waals surface area contributed by atoms with Crippen LogP contribution in [0.2, 0.25) is 0 Å². The molecule has 0 aliphatic heterocycles. The zero-order valence-corrected chi connectivity index (χ0v) is 10.6. The molecule has 0 atom stereocenters. The Morgan fingerprint density at radius 1 is 1.35 bits per heavy atom. The van der Waals surface area contributed by atoms with E-state index >= 15 is 0 Å². The summed E-state index contributed by atoms with van der Waals surface area (Å²) in [5, 5.41) is 2.63. The lowest BCUT2D eigenvalue weighted by Gasteiger charge is -2.06. The maximum Gasteiger partial charge on any atom is 0.286 e. The van der Waals surface area contributed by atoms with Crippen molar-refractivity contribution in [3.63, 3.8) is 0 Å². The minimum Gasteiger partial charge on any atom is -0.497 e. The molecule has 8 nitrogen and oxygen atoms in total. The van der Waals surface area contributed by atoms with E-state index in [1.54, 1.807) is 24.3 Å². The molecule has 2 amide bonds. The van der Waals surface area contributed by atoms with Crippen molar-refractivity contribution in [3.05, 3.63) is 42.0 Å². The monoisotopic (exact) mass is 275 g/mol.